The average Bonchev–Trinajstić information content (AvgIpc) is 1.85. The summed E-state index contributed by atoms with van der Waals surface area (Å²) in [6.07, 6.45) is -0.431. The number of aliphatic carboxylic acids is 1. The molecule has 0 heterocycles. The molecule has 1 atom stereocenters. The summed E-state index contributed by atoms with van der Waals surface area (Å²) < 4.78 is 0. The third-order valence-corrected chi connectivity index (χ3v) is 0.964. The first-order valence-corrected chi connectivity index (χ1v) is 2.69. The van der Waals surface area contributed by atoms with Crippen LogP contribution in [0.4, 0.5) is 0 Å². The molecule has 0 fully saturated rings. The molecule has 0 saturated heterocycles. The second kappa shape index (κ2) is 3.97. The average molecular weight is 147 g/mol. The van der Waals surface area contributed by atoms with Gasteiger partial charge in [-0.25, -0.2) is 0 Å². The Kier molecular flexibility index (Phi) is 3.60. The van der Waals surface area contributed by atoms with E-state index in [1.807, 2.05) is 0 Å². The number of hydrogen-bond acceptors (Lipinski definition) is 4. The minimum Gasteiger partial charge on any atom is -0.481 e. The van der Waals surface area contributed by atoms with E-state index in [9.17, 15) is 9.59 Å². The largest absolute Gasteiger partial charge is 0.481 e. The van der Waals surface area contributed by atoms with Gasteiger partial charge in [-0.2, -0.15) is 0 Å². The smallest absolute Gasteiger partial charge is 0.305 e. The van der Waals surface area contributed by atoms with E-state index >= 15 is 0 Å². The van der Waals surface area contributed by atoms with Crippen LogP contribution in [0.5, 0.6) is 0 Å². The van der Waals surface area contributed by atoms with Crippen molar-refractivity contribution < 1.29 is 19.8 Å². The highest BCUT2D eigenvalue weighted by atomic mass is 16.4. The number of nitrogens with two attached hydrogens (primary N) is 1. The van der Waals surface area contributed by atoms with Crippen molar-refractivity contribution in [3.05, 3.63) is 0 Å². The summed E-state index contributed by atoms with van der Waals surface area (Å²) in [5.41, 5.74) is 5.04. The Bertz CT molecular complexity index is 145. The molecule has 0 unspecified atom stereocenters. The maximum Gasteiger partial charge on any atom is 0.305 e. The summed E-state index contributed by atoms with van der Waals surface area (Å²) in [6.45, 7) is -0.700. The van der Waals surface area contributed by atoms with Gasteiger partial charge in [-0.05, 0) is 0 Å². The number of aliphatic hydroxyl groups excluding tert-OH is 1. The molecule has 0 aromatic heterocycles. The number of carbonyl (C=O) groups excluding carboxylic acids is 1. The normalized spacial score (nSPS) is 12.6. The van der Waals surface area contributed by atoms with E-state index < -0.39 is 30.8 Å². The van der Waals surface area contributed by atoms with Gasteiger partial charge in [0.1, 0.15) is 6.61 Å². The number of rotatable bonds is 4. The Morgan fingerprint density at radius 2 is 2.00 bits per heavy atom. The quantitative estimate of drug-likeness (QED) is 0.442. The summed E-state index contributed by atoms with van der Waals surface area (Å²) in [6, 6.07) is -1.08. The SMILES string of the molecule is N[C@H](CC(=O)O)C(=O)CO. The highest BCUT2D eigenvalue weighted by molar-refractivity contribution is 5.88. The van der Waals surface area contributed by atoms with Crippen molar-refractivity contribution in [3.8, 4) is 0 Å². The molecule has 0 spiro atoms. The van der Waals surface area contributed by atoms with Gasteiger partial charge in [-0.15, -0.1) is 0 Å². The number of carboxylic acid groups (broad SMARTS) is 1. The number of Topliss-reactive ketones (excluding diaryl/α,β-unsaturated/α-hetero) is 1. The molecule has 0 bridgehead atoms. The van der Waals surface area contributed by atoms with Crippen LogP contribution in [0.2, 0.25) is 0 Å². The lowest BCUT2D eigenvalue weighted by Gasteiger charge is -2.03. The lowest BCUT2D eigenvalue weighted by atomic mass is 10.1. The van der Waals surface area contributed by atoms with Crippen molar-refractivity contribution in [1.82, 2.24) is 0 Å². The third-order valence-electron chi connectivity index (χ3n) is 0.964. The fourth-order valence-corrected chi connectivity index (χ4v) is 0.419. The molecule has 0 saturated carbocycles. The molecule has 0 aromatic rings. The number of carbonyl (C=O) groups is 2. The van der Waals surface area contributed by atoms with E-state index in [0.29, 0.717) is 0 Å². The molecule has 0 amide bonds. The van der Waals surface area contributed by atoms with Crippen molar-refractivity contribution in [2.75, 3.05) is 6.61 Å². The van der Waals surface area contributed by atoms with Crippen LogP contribution in [0.1, 0.15) is 6.42 Å². The topological polar surface area (TPSA) is 101 Å². The Morgan fingerprint density at radius 3 is 2.30 bits per heavy atom. The number of carboxylic acids is 1. The summed E-state index contributed by atoms with van der Waals surface area (Å²) in [5, 5.41) is 16.3. The Labute approximate surface area is 57.5 Å². The highest BCUT2D eigenvalue weighted by Gasteiger charge is 2.14. The molecule has 0 radical (unpaired) electrons. The van der Waals surface area contributed by atoms with Crippen LogP contribution >= 0.6 is 0 Å². The van der Waals surface area contributed by atoms with E-state index in [-0.39, 0.29) is 0 Å². The van der Waals surface area contributed by atoms with E-state index in [1.165, 1.54) is 0 Å². The zero-order chi connectivity index (χ0) is 8.15. The standard InChI is InChI=1S/C5H9NO4/c6-3(1-5(9)10)4(8)2-7/h3,7H,1-2,6H2,(H,9,10)/t3-/m1/s1. The lowest BCUT2D eigenvalue weighted by molar-refractivity contribution is -0.139. The zero-order valence-electron chi connectivity index (χ0n) is 5.28. The van der Waals surface area contributed by atoms with E-state index in [4.69, 9.17) is 15.9 Å². The Balaban J connectivity index is 3.72. The van der Waals surface area contributed by atoms with Gasteiger partial charge in [0.2, 0.25) is 0 Å². The molecule has 0 aromatic carbocycles. The van der Waals surface area contributed by atoms with E-state index in [1.54, 1.807) is 0 Å². The maximum atomic E-state index is 10.4. The molecule has 5 heteroatoms. The minimum absolute atomic E-state index is 0.431. The molecule has 10 heavy (non-hydrogen) atoms. The van der Waals surface area contributed by atoms with Crippen LogP contribution in [-0.2, 0) is 9.59 Å². The summed E-state index contributed by atoms with van der Waals surface area (Å²) >= 11 is 0. The molecular weight excluding hydrogens is 138 g/mol. The van der Waals surface area contributed by atoms with Crippen LogP contribution in [0.15, 0.2) is 0 Å². The van der Waals surface area contributed by atoms with E-state index in [2.05, 4.69) is 0 Å². The Hall–Kier alpha value is -0.940. The maximum absolute atomic E-state index is 10.4. The van der Waals surface area contributed by atoms with Gasteiger partial charge in [-0.3, -0.25) is 9.59 Å². The molecule has 5 nitrogen and oxygen atoms in total. The first kappa shape index (κ1) is 9.06. The van der Waals surface area contributed by atoms with Crippen molar-refractivity contribution >= 4 is 11.8 Å². The molecular formula is C5H9NO4. The molecule has 0 aliphatic carbocycles. The first-order chi connectivity index (χ1) is 4.57. The summed E-state index contributed by atoms with van der Waals surface area (Å²) in [4.78, 5) is 20.3. The van der Waals surface area contributed by atoms with Gasteiger partial charge < -0.3 is 15.9 Å². The highest BCUT2D eigenvalue weighted by Crippen LogP contribution is 1.88. The predicted molar refractivity (Wildman–Crippen MR) is 32.3 cm³/mol. The summed E-state index contributed by atoms with van der Waals surface area (Å²) in [7, 11) is 0. The van der Waals surface area contributed by atoms with Gasteiger partial charge in [-0.1, -0.05) is 0 Å². The van der Waals surface area contributed by atoms with Gasteiger partial charge in [0.05, 0.1) is 12.5 Å². The molecule has 0 aliphatic heterocycles. The number of aliphatic hydroxyl groups is 1. The monoisotopic (exact) mass is 147 g/mol. The first-order valence-electron chi connectivity index (χ1n) is 2.69. The zero-order valence-corrected chi connectivity index (χ0v) is 5.28. The van der Waals surface area contributed by atoms with Crippen LogP contribution in [0.3, 0.4) is 0 Å². The second-order valence-corrected chi connectivity index (χ2v) is 1.83. The lowest BCUT2D eigenvalue weighted by Crippen LogP contribution is -2.34. The van der Waals surface area contributed by atoms with E-state index in [0.717, 1.165) is 0 Å². The van der Waals surface area contributed by atoms with Crippen LogP contribution in [-0.4, -0.2) is 34.6 Å². The fraction of sp³-hybridized carbons (Fsp3) is 0.600. The molecule has 4 N–H and O–H groups in total. The van der Waals surface area contributed by atoms with Crippen molar-refractivity contribution in [2.45, 2.75) is 12.5 Å². The fourth-order valence-electron chi connectivity index (χ4n) is 0.419. The molecule has 0 rings (SSSR count). The molecule has 0 aliphatic rings. The minimum atomic E-state index is -1.14. The van der Waals surface area contributed by atoms with Crippen molar-refractivity contribution in [1.29, 1.82) is 0 Å². The van der Waals surface area contributed by atoms with Crippen LogP contribution in [0, 0.1) is 0 Å². The third kappa shape index (κ3) is 3.16. The van der Waals surface area contributed by atoms with Crippen LogP contribution in [0.25, 0.3) is 0 Å². The number of ketones is 1. The van der Waals surface area contributed by atoms with Gasteiger partial charge in [0, 0.05) is 0 Å². The Morgan fingerprint density at radius 1 is 1.50 bits per heavy atom. The van der Waals surface area contributed by atoms with Crippen LogP contribution < -0.4 is 5.73 Å². The van der Waals surface area contributed by atoms with Crippen molar-refractivity contribution in [2.24, 2.45) is 5.73 Å². The van der Waals surface area contributed by atoms with Gasteiger partial charge in [0.25, 0.3) is 0 Å². The van der Waals surface area contributed by atoms with Crippen molar-refractivity contribution in [3.63, 3.8) is 0 Å². The molecule has 58 valence electrons. The predicted octanol–water partition coefficient (Wildman–Crippen LogP) is -1.65. The van der Waals surface area contributed by atoms with Gasteiger partial charge in [0.15, 0.2) is 5.78 Å². The summed E-state index contributed by atoms with van der Waals surface area (Å²) in [5.74, 6) is -1.79. The van der Waals surface area contributed by atoms with Gasteiger partial charge >= 0.3 is 5.97 Å². The number of hydrogen-bond donors (Lipinski definition) is 3. The second-order valence-electron chi connectivity index (χ2n) is 1.83.